The molecule has 2 rings (SSSR count). The van der Waals surface area contributed by atoms with Gasteiger partial charge in [-0.05, 0) is 55.5 Å². The molecule has 1 heterocycles. The van der Waals surface area contributed by atoms with Crippen molar-refractivity contribution in [3.8, 4) is 5.75 Å². The van der Waals surface area contributed by atoms with Gasteiger partial charge in [-0.2, -0.15) is 0 Å². The smallest absolute Gasteiger partial charge is 0.191 e. The van der Waals surface area contributed by atoms with Crippen LogP contribution in [0.15, 0.2) is 53.7 Å². The normalized spacial score (nSPS) is 12.0. The van der Waals surface area contributed by atoms with Crippen molar-refractivity contribution in [2.75, 3.05) is 19.7 Å². The summed E-state index contributed by atoms with van der Waals surface area (Å²) in [5.41, 5.74) is 2.03. The molecule has 1 aromatic carbocycles. The van der Waals surface area contributed by atoms with Crippen molar-refractivity contribution in [2.24, 2.45) is 10.9 Å². The molecule has 7 heteroatoms. The predicted molar refractivity (Wildman–Crippen MR) is 133 cm³/mol. The Morgan fingerprint density at radius 1 is 1.10 bits per heavy atom. The van der Waals surface area contributed by atoms with E-state index in [4.69, 9.17) is 4.74 Å². The number of nitrogens with one attached hydrogen (secondary N) is 2. The summed E-state index contributed by atoms with van der Waals surface area (Å²) in [5, 5.41) is 15.9. The highest BCUT2D eigenvalue weighted by Gasteiger charge is 2.08. The summed E-state index contributed by atoms with van der Waals surface area (Å²) in [6.45, 7) is 7.14. The summed E-state index contributed by atoms with van der Waals surface area (Å²) in [6, 6.07) is 13.8. The molecule has 2 aromatic rings. The number of aliphatic hydroxyl groups excluding tert-OH is 1. The molecule has 30 heavy (non-hydrogen) atoms. The highest BCUT2D eigenvalue weighted by atomic mass is 127. The summed E-state index contributed by atoms with van der Waals surface area (Å²) < 4.78 is 5.78. The molecule has 0 aliphatic carbocycles. The molecule has 166 valence electrons. The highest BCUT2D eigenvalue weighted by molar-refractivity contribution is 14.0. The maximum absolute atomic E-state index is 9.22. The third-order valence-electron chi connectivity index (χ3n) is 4.59. The molecule has 1 aromatic heterocycles. The SMILES string of the molecule is CCCC(CCO)CNC(=NCc1ccc(OCc2ccccn2)cc1)NCC.I. The van der Waals surface area contributed by atoms with Gasteiger partial charge in [-0.3, -0.25) is 4.98 Å². The molecule has 0 saturated heterocycles. The van der Waals surface area contributed by atoms with Gasteiger partial charge in [-0.15, -0.1) is 24.0 Å². The van der Waals surface area contributed by atoms with Gasteiger partial charge in [0.25, 0.3) is 0 Å². The number of ether oxygens (including phenoxy) is 1. The van der Waals surface area contributed by atoms with Crippen LogP contribution in [0.2, 0.25) is 0 Å². The third kappa shape index (κ3) is 10.2. The zero-order valence-corrected chi connectivity index (χ0v) is 20.3. The van der Waals surface area contributed by atoms with Crippen LogP contribution in [-0.4, -0.2) is 35.7 Å². The fourth-order valence-corrected chi connectivity index (χ4v) is 3.02. The molecule has 0 aliphatic rings. The second kappa shape index (κ2) is 15.9. The van der Waals surface area contributed by atoms with E-state index in [1.807, 2.05) is 42.5 Å². The number of aliphatic hydroxyl groups is 1. The zero-order valence-electron chi connectivity index (χ0n) is 18.0. The van der Waals surface area contributed by atoms with Crippen LogP contribution in [0.4, 0.5) is 0 Å². The van der Waals surface area contributed by atoms with Crippen LogP contribution in [0, 0.1) is 5.92 Å². The molecule has 6 nitrogen and oxygen atoms in total. The monoisotopic (exact) mass is 526 g/mol. The predicted octanol–water partition coefficient (Wildman–Crippen LogP) is 4.13. The number of halogens is 1. The van der Waals surface area contributed by atoms with E-state index in [2.05, 4.69) is 34.5 Å². The molecule has 1 unspecified atom stereocenters. The van der Waals surface area contributed by atoms with Crippen molar-refractivity contribution in [3.63, 3.8) is 0 Å². The van der Waals surface area contributed by atoms with Crippen LogP contribution in [0.5, 0.6) is 5.75 Å². The first-order valence-corrected chi connectivity index (χ1v) is 10.5. The average Bonchev–Trinajstić information content (AvgIpc) is 2.76. The van der Waals surface area contributed by atoms with Gasteiger partial charge < -0.3 is 20.5 Å². The Balaban J connectivity index is 0.00000450. The van der Waals surface area contributed by atoms with Crippen molar-refractivity contribution >= 4 is 29.9 Å². The summed E-state index contributed by atoms with van der Waals surface area (Å²) in [4.78, 5) is 8.94. The molecule has 0 amide bonds. The van der Waals surface area contributed by atoms with Crippen molar-refractivity contribution in [3.05, 3.63) is 59.9 Å². The van der Waals surface area contributed by atoms with E-state index in [-0.39, 0.29) is 30.6 Å². The molecular formula is C23H35IN4O2. The van der Waals surface area contributed by atoms with Gasteiger partial charge >= 0.3 is 0 Å². The van der Waals surface area contributed by atoms with E-state index in [1.165, 1.54) is 0 Å². The van der Waals surface area contributed by atoms with Gasteiger partial charge in [0.15, 0.2) is 5.96 Å². The number of nitrogens with zero attached hydrogens (tertiary/aromatic N) is 2. The van der Waals surface area contributed by atoms with E-state index >= 15 is 0 Å². The summed E-state index contributed by atoms with van der Waals surface area (Å²) >= 11 is 0. The van der Waals surface area contributed by atoms with Gasteiger partial charge in [-0.25, -0.2) is 4.99 Å². The van der Waals surface area contributed by atoms with Crippen LogP contribution in [0.3, 0.4) is 0 Å². The number of hydrogen-bond donors (Lipinski definition) is 3. The molecule has 0 bridgehead atoms. The van der Waals surface area contributed by atoms with Crippen molar-refractivity contribution in [1.29, 1.82) is 0 Å². The number of aromatic nitrogens is 1. The van der Waals surface area contributed by atoms with Crippen LogP contribution >= 0.6 is 24.0 Å². The summed E-state index contributed by atoms with van der Waals surface area (Å²) in [6.07, 6.45) is 4.81. The third-order valence-corrected chi connectivity index (χ3v) is 4.59. The highest BCUT2D eigenvalue weighted by Crippen LogP contribution is 2.14. The van der Waals surface area contributed by atoms with E-state index in [1.54, 1.807) is 6.20 Å². The maximum atomic E-state index is 9.22. The van der Waals surface area contributed by atoms with Crippen molar-refractivity contribution in [2.45, 2.75) is 46.3 Å². The zero-order chi connectivity index (χ0) is 20.7. The first-order valence-electron chi connectivity index (χ1n) is 10.5. The average molecular weight is 526 g/mol. The lowest BCUT2D eigenvalue weighted by atomic mass is 10.0. The van der Waals surface area contributed by atoms with Gasteiger partial charge in [0.2, 0.25) is 0 Å². The van der Waals surface area contributed by atoms with E-state index < -0.39 is 0 Å². The fourth-order valence-electron chi connectivity index (χ4n) is 3.02. The van der Waals surface area contributed by atoms with Gasteiger partial charge in [0.05, 0.1) is 12.2 Å². The van der Waals surface area contributed by atoms with Crippen LogP contribution in [0.1, 0.15) is 44.4 Å². The van der Waals surface area contributed by atoms with Gasteiger partial charge in [0, 0.05) is 25.9 Å². The van der Waals surface area contributed by atoms with Gasteiger partial charge in [-0.1, -0.05) is 31.5 Å². The molecule has 0 radical (unpaired) electrons. The number of guanidine groups is 1. The minimum atomic E-state index is 0. The molecule has 0 spiro atoms. The van der Waals surface area contributed by atoms with Crippen LogP contribution in [-0.2, 0) is 13.2 Å². The Morgan fingerprint density at radius 2 is 1.90 bits per heavy atom. The minimum Gasteiger partial charge on any atom is -0.487 e. The maximum Gasteiger partial charge on any atom is 0.191 e. The van der Waals surface area contributed by atoms with Crippen molar-refractivity contribution in [1.82, 2.24) is 15.6 Å². The molecule has 3 N–H and O–H groups in total. The minimum absolute atomic E-state index is 0. The Bertz CT molecular complexity index is 705. The summed E-state index contributed by atoms with van der Waals surface area (Å²) in [7, 11) is 0. The molecule has 0 aliphatic heterocycles. The standard InChI is InChI=1S/C23H34N4O2.HI/c1-3-7-19(13-15-28)16-26-23(24-4-2)27-17-20-9-11-22(12-10-20)29-18-21-8-5-6-14-25-21;/h5-6,8-12,14,19,28H,3-4,7,13,15-18H2,1-2H3,(H2,24,26,27);1H. The largest absolute Gasteiger partial charge is 0.487 e. The molecule has 0 fully saturated rings. The topological polar surface area (TPSA) is 78.8 Å². The lowest BCUT2D eigenvalue weighted by Gasteiger charge is -2.18. The number of benzene rings is 1. The molecular weight excluding hydrogens is 491 g/mol. The van der Waals surface area contributed by atoms with E-state index in [0.717, 1.165) is 55.3 Å². The Kier molecular flexibility index (Phi) is 13.9. The van der Waals surface area contributed by atoms with Crippen molar-refractivity contribution < 1.29 is 9.84 Å². The van der Waals surface area contributed by atoms with E-state index in [0.29, 0.717) is 19.1 Å². The number of pyridine rings is 1. The number of hydrogen-bond acceptors (Lipinski definition) is 4. The number of rotatable bonds is 12. The molecule has 1 atom stereocenters. The first kappa shape index (κ1) is 26.2. The lowest BCUT2D eigenvalue weighted by Crippen LogP contribution is -2.40. The number of aliphatic imine (C=N–C) groups is 1. The second-order valence-electron chi connectivity index (χ2n) is 7.00. The van der Waals surface area contributed by atoms with E-state index in [9.17, 15) is 5.11 Å². The van der Waals surface area contributed by atoms with Crippen LogP contribution in [0.25, 0.3) is 0 Å². The Hall–Kier alpha value is -1.87. The quantitative estimate of drug-likeness (QED) is 0.220. The fraction of sp³-hybridized carbons (Fsp3) is 0.478. The first-order chi connectivity index (χ1) is 14.2. The van der Waals surface area contributed by atoms with Crippen LogP contribution < -0.4 is 15.4 Å². The Labute approximate surface area is 197 Å². The van der Waals surface area contributed by atoms with Gasteiger partial charge in [0.1, 0.15) is 12.4 Å². The lowest BCUT2D eigenvalue weighted by molar-refractivity contribution is 0.251. The molecule has 0 saturated carbocycles. The second-order valence-corrected chi connectivity index (χ2v) is 7.00. The Morgan fingerprint density at radius 3 is 2.53 bits per heavy atom. The summed E-state index contributed by atoms with van der Waals surface area (Å²) in [5.74, 6) is 2.09.